The summed E-state index contributed by atoms with van der Waals surface area (Å²) >= 11 is 3.15. The molecule has 21 heavy (non-hydrogen) atoms. The molecule has 6 heteroatoms. The van der Waals surface area contributed by atoms with E-state index in [4.69, 9.17) is 5.73 Å². The van der Waals surface area contributed by atoms with E-state index >= 15 is 0 Å². The van der Waals surface area contributed by atoms with E-state index in [2.05, 4.69) is 5.32 Å². The van der Waals surface area contributed by atoms with Gasteiger partial charge in [0.15, 0.2) is 0 Å². The molecule has 0 saturated heterocycles. The first-order valence-corrected chi connectivity index (χ1v) is 8.53. The highest BCUT2D eigenvalue weighted by molar-refractivity contribution is 7.99. The number of rotatable bonds is 3. The van der Waals surface area contributed by atoms with Gasteiger partial charge < -0.3 is 11.1 Å². The number of carbonyl (C=O) groups excluding carboxylic acids is 1. The maximum absolute atomic E-state index is 13.4. The van der Waals surface area contributed by atoms with E-state index < -0.39 is 6.04 Å². The Balaban J connectivity index is 1.77. The highest BCUT2D eigenvalue weighted by Gasteiger charge is 2.25. The molecule has 0 spiro atoms. The fourth-order valence-corrected chi connectivity index (χ4v) is 4.20. The lowest BCUT2D eigenvalue weighted by Gasteiger charge is -2.27. The molecular formula is C15H15FN2OS2. The molecule has 0 fully saturated rings. The summed E-state index contributed by atoms with van der Waals surface area (Å²) < 4.78 is 13.4. The second-order valence-electron chi connectivity index (χ2n) is 4.87. The van der Waals surface area contributed by atoms with Crippen molar-refractivity contribution in [1.82, 2.24) is 5.32 Å². The maximum atomic E-state index is 13.4. The molecule has 1 aliphatic heterocycles. The predicted molar refractivity (Wildman–Crippen MR) is 83.9 cm³/mol. The van der Waals surface area contributed by atoms with E-state index in [1.165, 1.54) is 23.5 Å². The van der Waals surface area contributed by atoms with Gasteiger partial charge in [-0.2, -0.15) is 0 Å². The van der Waals surface area contributed by atoms with Gasteiger partial charge in [-0.05, 0) is 41.6 Å². The van der Waals surface area contributed by atoms with Crippen molar-refractivity contribution in [1.29, 1.82) is 0 Å². The summed E-state index contributed by atoms with van der Waals surface area (Å²) in [5, 5.41) is 4.85. The average molecular weight is 322 g/mol. The van der Waals surface area contributed by atoms with Gasteiger partial charge in [0.2, 0.25) is 5.91 Å². The zero-order valence-corrected chi connectivity index (χ0v) is 12.8. The number of thioether (sulfide) groups is 1. The van der Waals surface area contributed by atoms with Crippen LogP contribution in [0.2, 0.25) is 0 Å². The molecule has 2 unspecified atom stereocenters. The average Bonchev–Trinajstić information content (AvgIpc) is 3.01. The SMILES string of the molecule is NC(C(=O)NC1CCSc2ccc(F)cc21)c1cccs1. The van der Waals surface area contributed by atoms with Gasteiger partial charge in [0, 0.05) is 15.5 Å². The van der Waals surface area contributed by atoms with Gasteiger partial charge in [-0.3, -0.25) is 4.79 Å². The van der Waals surface area contributed by atoms with Crippen molar-refractivity contribution < 1.29 is 9.18 Å². The number of benzene rings is 1. The van der Waals surface area contributed by atoms with E-state index in [0.717, 1.165) is 27.5 Å². The zero-order valence-electron chi connectivity index (χ0n) is 11.2. The molecule has 1 amide bonds. The van der Waals surface area contributed by atoms with Gasteiger partial charge in [-0.15, -0.1) is 23.1 Å². The summed E-state index contributed by atoms with van der Waals surface area (Å²) in [4.78, 5) is 14.1. The van der Waals surface area contributed by atoms with Crippen molar-refractivity contribution in [3.8, 4) is 0 Å². The fraction of sp³-hybridized carbons (Fsp3) is 0.267. The number of nitrogens with two attached hydrogens (primary N) is 1. The third kappa shape index (κ3) is 3.12. The lowest BCUT2D eigenvalue weighted by molar-refractivity contribution is -0.123. The van der Waals surface area contributed by atoms with Crippen LogP contribution in [0.15, 0.2) is 40.6 Å². The minimum Gasteiger partial charge on any atom is -0.348 e. The summed E-state index contributed by atoms with van der Waals surface area (Å²) in [6, 6.07) is 7.60. The second-order valence-corrected chi connectivity index (χ2v) is 6.99. The molecule has 0 aliphatic carbocycles. The Morgan fingerprint density at radius 2 is 2.29 bits per heavy atom. The van der Waals surface area contributed by atoms with Crippen molar-refractivity contribution >= 4 is 29.0 Å². The minimum atomic E-state index is -0.670. The molecule has 2 heterocycles. The molecule has 3 N–H and O–H groups in total. The summed E-state index contributed by atoms with van der Waals surface area (Å²) in [6.45, 7) is 0. The van der Waals surface area contributed by atoms with E-state index in [-0.39, 0.29) is 17.8 Å². The van der Waals surface area contributed by atoms with Crippen molar-refractivity contribution in [3.05, 3.63) is 52.0 Å². The van der Waals surface area contributed by atoms with Gasteiger partial charge in [-0.1, -0.05) is 6.07 Å². The molecule has 1 aromatic carbocycles. The Bertz CT molecular complexity index is 645. The van der Waals surface area contributed by atoms with Crippen molar-refractivity contribution in [2.24, 2.45) is 5.73 Å². The van der Waals surface area contributed by atoms with Crippen LogP contribution in [0.5, 0.6) is 0 Å². The van der Waals surface area contributed by atoms with Crippen LogP contribution in [-0.2, 0) is 4.79 Å². The minimum absolute atomic E-state index is 0.171. The van der Waals surface area contributed by atoms with Crippen LogP contribution >= 0.6 is 23.1 Å². The molecule has 110 valence electrons. The Morgan fingerprint density at radius 3 is 3.05 bits per heavy atom. The van der Waals surface area contributed by atoms with E-state index in [1.807, 2.05) is 17.5 Å². The highest BCUT2D eigenvalue weighted by atomic mass is 32.2. The van der Waals surface area contributed by atoms with Crippen LogP contribution in [0.1, 0.15) is 28.9 Å². The van der Waals surface area contributed by atoms with E-state index in [0.29, 0.717) is 0 Å². The van der Waals surface area contributed by atoms with Gasteiger partial charge in [0.1, 0.15) is 11.9 Å². The lowest BCUT2D eigenvalue weighted by atomic mass is 10.0. The third-order valence-corrected chi connectivity index (χ3v) is 5.54. The van der Waals surface area contributed by atoms with Crippen molar-refractivity contribution in [2.45, 2.75) is 23.4 Å². The number of hydrogen-bond acceptors (Lipinski definition) is 4. The number of carbonyl (C=O) groups is 1. The zero-order chi connectivity index (χ0) is 14.8. The number of amides is 1. The first kappa shape index (κ1) is 14.6. The normalized spacial score (nSPS) is 18.9. The standard InChI is InChI=1S/C15H15FN2OS2/c16-9-3-4-12-10(8-9)11(5-7-21-12)18-15(19)14(17)13-2-1-6-20-13/h1-4,6,8,11,14H,5,7,17H2,(H,18,19). The topological polar surface area (TPSA) is 55.1 Å². The molecular weight excluding hydrogens is 307 g/mol. The predicted octanol–water partition coefficient (Wildman–Crippen LogP) is 3.24. The molecule has 1 aromatic heterocycles. The van der Waals surface area contributed by atoms with Crippen LogP contribution in [-0.4, -0.2) is 11.7 Å². The molecule has 3 rings (SSSR count). The first-order chi connectivity index (χ1) is 10.1. The van der Waals surface area contributed by atoms with Gasteiger partial charge in [0.05, 0.1) is 6.04 Å². The van der Waals surface area contributed by atoms with Gasteiger partial charge in [0.25, 0.3) is 0 Å². The van der Waals surface area contributed by atoms with Crippen LogP contribution in [0.25, 0.3) is 0 Å². The van der Waals surface area contributed by atoms with Crippen LogP contribution in [0, 0.1) is 5.82 Å². The summed E-state index contributed by atoms with van der Waals surface area (Å²) in [7, 11) is 0. The first-order valence-electron chi connectivity index (χ1n) is 6.67. The number of halogens is 1. The smallest absolute Gasteiger partial charge is 0.242 e. The maximum Gasteiger partial charge on any atom is 0.242 e. The van der Waals surface area contributed by atoms with Crippen molar-refractivity contribution in [2.75, 3.05) is 5.75 Å². The number of fused-ring (bicyclic) bond motifs is 1. The molecule has 0 radical (unpaired) electrons. The van der Waals surface area contributed by atoms with Crippen LogP contribution in [0.4, 0.5) is 4.39 Å². The highest BCUT2D eigenvalue weighted by Crippen LogP contribution is 2.36. The monoisotopic (exact) mass is 322 g/mol. The lowest BCUT2D eigenvalue weighted by Crippen LogP contribution is -2.37. The van der Waals surface area contributed by atoms with Gasteiger partial charge in [-0.25, -0.2) is 4.39 Å². The van der Waals surface area contributed by atoms with Crippen molar-refractivity contribution in [3.63, 3.8) is 0 Å². The van der Waals surface area contributed by atoms with Crippen LogP contribution in [0.3, 0.4) is 0 Å². The third-order valence-electron chi connectivity index (χ3n) is 3.46. The van der Waals surface area contributed by atoms with Gasteiger partial charge >= 0.3 is 0 Å². The van der Waals surface area contributed by atoms with Crippen LogP contribution < -0.4 is 11.1 Å². The molecule has 0 bridgehead atoms. The summed E-state index contributed by atoms with van der Waals surface area (Å²) in [5.74, 6) is 0.403. The largest absolute Gasteiger partial charge is 0.348 e. The molecule has 3 nitrogen and oxygen atoms in total. The van der Waals surface area contributed by atoms with E-state index in [9.17, 15) is 9.18 Å². The fourth-order valence-electron chi connectivity index (χ4n) is 2.37. The Kier molecular flexibility index (Phi) is 4.28. The second kappa shape index (κ2) is 6.17. The molecule has 1 aliphatic rings. The Hall–Kier alpha value is -1.37. The quantitative estimate of drug-likeness (QED) is 0.912. The Morgan fingerprint density at radius 1 is 1.43 bits per heavy atom. The number of hydrogen-bond donors (Lipinski definition) is 2. The van der Waals surface area contributed by atoms with E-state index in [1.54, 1.807) is 17.8 Å². The summed E-state index contributed by atoms with van der Waals surface area (Å²) in [6.07, 6.45) is 0.782. The number of thiophene rings is 1. The Labute approximate surface area is 130 Å². The molecule has 0 saturated carbocycles. The number of nitrogens with one attached hydrogen (secondary N) is 1. The summed E-state index contributed by atoms with van der Waals surface area (Å²) in [5.41, 5.74) is 6.81. The molecule has 2 atom stereocenters. The molecule has 2 aromatic rings.